The number of hydrogen-bond donors (Lipinski definition) is 1. The number of ether oxygens (including phenoxy) is 1. The van der Waals surface area contributed by atoms with Gasteiger partial charge in [-0.3, -0.25) is 0 Å². The molecule has 1 atom stereocenters. The van der Waals surface area contributed by atoms with E-state index in [0.717, 1.165) is 0 Å². The van der Waals surface area contributed by atoms with E-state index in [1.165, 1.54) is 0 Å². The van der Waals surface area contributed by atoms with Crippen LogP contribution in [0.4, 0.5) is 8.78 Å². The van der Waals surface area contributed by atoms with E-state index in [9.17, 15) is 8.78 Å². The summed E-state index contributed by atoms with van der Waals surface area (Å²) in [7, 11) is 1.55. The Hall–Kier alpha value is -0.870. The van der Waals surface area contributed by atoms with Gasteiger partial charge < -0.3 is 10.1 Å². The smallest absolute Gasteiger partial charge is 0.270 e. The average Bonchev–Trinajstić information content (AvgIpc) is 2.55. The summed E-state index contributed by atoms with van der Waals surface area (Å²) in [6.07, 6.45) is -0.116. The van der Waals surface area contributed by atoms with Crippen LogP contribution in [0.25, 0.3) is 0 Å². The normalized spacial score (nSPS) is 26.4. The number of alkyl halides is 2. The third kappa shape index (κ3) is 2.24. The van der Waals surface area contributed by atoms with Crippen LogP contribution in [-0.4, -0.2) is 19.6 Å². The Morgan fingerprint density at radius 3 is 2.24 bits per heavy atom. The molecule has 1 aromatic carbocycles. The zero-order valence-electron chi connectivity index (χ0n) is 9.80. The van der Waals surface area contributed by atoms with Gasteiger partial charge in [-0.15, -0.1) is 12.4 Å². The van der Waals surface area contributed by atoms with Crippen molar-refractivity contribution in [3.8, 4) is 5.75 Å². The van der Waals surface area contributed by atoms with Crippen LogP contribution in [0, 0.1) is 0 Å². The predicted octanol–water partition coefficient (Wildman–Crippen LogP) is 2.96. The van der Waals surface area contributed by atoms with Crippen LogP contribution in [0.15, 0.2) is 24.3 Å². The highest BCUT2D eigenvalue weighted by Gasteiger charge is 2.54. The first-order valence-electron chi connectivity index (χ1n) is 5.27. The SMILES string of the molecule is COc1ccc(C2(C)NCCC2(F)F)cc1.Cl. The van der Waals surface area contributed by atoms with Crippen LogP contribution in [0.2, 0.25) is 0 Å². The minimum absolute atomic E-state index is 0. The molecule has 1 saturated heterocycles. The summed E-state index contributed by atoms with van der Waals surface area (Å²) < 4.78 is 32.5. The van der Waals surface area contributed by atoms with Gasteiger partial charge in [0.05, 0.1) is 7.11 Å². The summed E-state index contributed by atoms with van der Waals surface area (Å²) in [5, 5.41) is 2.89. The van der Waals surface area contributed by atoms with Gasteiger partial charge in [0.25, 0.3) is 5.92 Å². The Balaban J connectivity index is 0.00000144. The maximum absolute atomic E-state index is 13.8. The summed E-state index contributed by atoms with van der Waals surface area (Å²) in [5.74, 6) is -2.03. The fourth-order valence-electron chi connectivity index (χ4n) is 2.09. The van der Waals surface area contributed by atoms with Crippen LogP contribution in [-0.2, 0) is 5.54 Å². The molecular formula is C12H16ClF2NO. The Morgan fingerprint density at radius 1 is 1.24 bits per heavy atom. The lowest BCUT2D eigenvalue weighted by Crippen LogP contribution is -2.45. The second-order valence-electron chi connectivity index (χ2n) is 4.23. The van der Waals surface area contributed by atoms with Crippen molar-refractivity contribution in [2.24, 2.45) is 0 Å². The molecule has 0 aliphatic carbocycles. The Kier molecular flexibility index (Phi) is 3.99. The van der Waals surface area contributed by atoms with Gasteiger partial charge in [-0.1, -0.05) is 12.1 Å². The van der Waals surface area contributed by atoms with Crippen molar-refractivity contribution in [1.29, 1.82) is 0 Å². The lowest BCUT2D eigenvalue weighted by molar-refractivity contribution is -0.0559. The van der Waals surface area contributed by atoms with Crippen molar-refractivity contribution in [3.05, 3.63) is 29.8 Å². The molecule has 0 spiro atoms. The Labute approximate surface area is 106 Å². The van der Waals surface area contributed by atoms with Crippen LogP contribution >= 0.6 is 12.4 Å². The lowest BCUT2D eigenvalue weighted by atomic mass is 9.87. The summed E-state index contributed by atoms with van der Waals surface area (Å²) in [6.45, 7) is 1.89. The molecule has 2 nitrogen and oxygen atoms in total. The molecule has 1 aliphatic heterocycles. The molecule has 0 radical (unpaired) electrons. The van der Waals surface area contributed by atoms with E-state index in [4.69, 9.17) is 4.74 Å². The molecule has 1 fully saturated rings. The van der Waals surface area contributed by atoms with E-state index in [2.05, 4.69) is 5.32 Å². The topological polar surface area (TPSA) is 21.3 Å². The molecule has 0 saturated carbocycles. The first kappa shape index (κ1) is 14.2. The van der Waals surface area contributed by atoms with Crippen LogP contribution in [0.5, 0.6) is 5.75 Å². The van der Waals surface area contributed by atoms with Crippen molar-refractivity contribution in [3.63, 3.8) is 0 Å². The third-order valence-electron chi connectivity index (χ3n) is 3.32. The van der Waals surface area contributed by atoms with E-state index in [1.807, 2.05) is 0 Å². The number of hydrogen-bond acceptors (Lipinski definition) is 2. The van der Waals surface area contributed by atoms with Crippen molar-refractivity contribution in [2.45, 2.75) is 24.8 Å². The van der Waals surface area contributed by atoms with Gasteiger partial charge in [-0.25, -0.2) is 8.78 Å². The molecule has 1 N–H and O–H groups in total. The molecule has 1 unspecified atom stereocenters. The monoisotopic (exact) mass is 263 g/mol. The van der Waals surface area contributed by atoms with E-state index in [0.29, 0.717) is 17.9 Å². The van der Waals surface area contributed by atoms with Gasteiger partial charge in [0.15, 0.2) is 0 Å². The van der Waals surface area contributed by atoms with Crippen LogP contribution in [0.1, 0.15) is 18.9 Å². The molecule has 5 heteroatoms. The van der Waals surface area contributed by atoms with Crippen molar-refractivity contribution in [1.82, 2.24) is 5.32 Å². The van der Waals surface area contributed by atoms with Crippen LogP contribution < -0.4 is 10.1 Å². The maximum atomic E-state index is 13.8. The minimum atomic E-state index is -2.71. The van der Waals surface area contributed by atoms with E-state index in [1.54, 1.807) is 38.3 Å². The molecule has 1 heterocycles. The largest absolute Gasteiger partial charge is 0.497 e. The Bertz CT molecular complexity index is 383. The van der Waals surface area contributed by atoms with Crippen molar-refractivity contribution in [2.75, 3.05) is 13.7 Å². The number of halogens is 3. The van der Waals surface area contributed by atoms with Gasteiger partial charge in [0, 0.05) is 13.0 Å². The summed E-state index contributed by atoms with van der Waals surface area (Å²) >= 11 is 0. The fraction of sp³-hybridized carbons (Fsp3) is 0.500. The highest BCUT2D eigenvalue weighted by molar-refractivity contribution is 5.85. The number of benzene rings is 1. The van der Waals surface area contributed by atoms with E-state index >= 15 is 0 Å². The maximum Gasteiger partial charge on any atom is 0.270 e. The molecule has 2 rings (SSSR count). The quantitative estimate of drug-likeness (QED) is 0.886. The summed E-state index contributed by atoms with van der Waals surface area (Å²) in [5.41, 5.74) is -0.671. The lowest BCUT2D eigenvalue weighted by Gasteiger charge is -2.31. The van der Waals surface area contributed by atoms with Gasteiger partial charge >= 0.3 is 0 Å². The zero-order valence-corrected chi connectivity index (χ0v) is 10.6. The molecule has 0 amide bonds. The molecule has 0 bridgehead atoms. The van der Waals surface area contributed by atoms with Gasteiger partial charge in [0.2, 0.25) is 0 Å². The van der Waals surface area contributed by atoms with Crippen LogP contribution in [0.3, 0.4) is 0 Å². The highest BCUT2D eigenvalue weighted by atomic mass is 35.5. The number of rotatable bonds is 2. The summed E-state index contributed by atoms with van der Waals surface area (Å²) in [4.78, 5) is 0. The molecule has 1 aliphatic rings. The van der Waals surface area contributed by atoms with Gasteiger partial charge in [-0.2, -0.15) is 0 Å². The first-order chi connectivity index (χ1) is 7.49. The molecule has 1 aromatic rings. The minimum Gasteiger partial charge on any atom is -0.497 e. The second-order valence-corrected chi connectivity index (χ2v) is 4.23. The highest BCUT2D eigenvalue weighted by Crippen LogP contribution is 2.43. The fourth-order valence-corrected chi connectivity index (χ4v) is 2.09. The third-order valence-corrected chi connectivity index (χ3v) is 3.32. The molecule has 0 aromatic heterocycles. The molecule has 17 heavy (non-hydrogen) atoms. The number of nitrogens with one attached hydrogen (secondary N) is 1. The van der Waals surface area contributed by atoms with E-state index < -0.39 is 11.5 Å². The first-order valence-corrected chi connectivity index (χ1v) is 5.27. The van der Waals surface area contributed by atoms with Gasteiger partial charge in [-0.05, 0) is 24.6 Å². The molecular weight excluding hydrogens is 248 g/mol. The van der Waals surface area contributed by atoms with Crippen molar-refractivity contribution < 1.29 is 13.5 Å². The predicted molar refractivity (Wildman–Crippen MR) is 65.2 cm³/mol. The molecule has 96 valence electrons. The average molecular weight is 264 g/mol. The van der Waals surface area contributed by atoms with Gasteiger partial charge in [0.1, 0.15) is 11.3 Å². The Morgan fingerprint density at radius 2 is 1.82 bits per heavy atom. The summed E-state index contributed by atoms with van der Waals surface area (Å²) in [6, 6.07) is 6.78. The van der Waals surface area contributed by atoms with Crippen molar-refractivity contribution >= 4 is 12.4 Å². The number of methoxy groups -OCH3 is 1. The standard InChI is InChI=1S/C12H15F2NO.ClH/c1-11(12(13,14)7-8-15-11)9-3-5-10(16-2)6-4-9;/h3-6,15H,7-8H2,1-2H3;1H. The zero-order chi connectivity index (χ0) is 11.8. The van der Waals surface area contributed by atoms with E-state index in [-0.39, 0.29) is 18.8 Å². The second kappa shape index (κ2) is 4.78.